The van der Waals surface area contributed by atoms with Gasteiger partial charge in [-0.3, -0.25) is 9.59 Å². The molecule has 1 aliphatic rings. The van der Waals surface area contributed by atoms with E-state index in [1.807, 2.05) is 13.8 Å². The van der Waals surface area contributed by atoms with Crippen LogP contribution in [0.1, 0.15) is 20.3 Å². The van der Waals surface area contributed by atoms with E-state index in [1.165, 1.54) is 0 Å². The first-order valence-corrected chi connectivity index (χ1v) is 5.02. The van der Waals surface area contributed by atoms with Gasteiger partial charge in [0.05, 0.1) is 18.1 Å². The molecule has 0 saturated carbocycles. The standard InChI is InChI=1S/C10H18N2O3/c1-10(2,6-15-3)12-9(14)7-4-8(13)11-5-7/h7H,4-6H2,1-3H3,(H,11,13)(H,12,14). The molecule has 1 heterocycles. The van der Waals surface area contributed by atoms with Gasteiger partial charge in [0.2, 0.25) is 11.8 Å². The van der Waals surface area contributed by atoms with E-state index in [9.17, 15) is 9.59 Å². The summed E-state index contributed by atoms with van der Waals surface area (Å²) in [6.07, 6.45) is 0.287. The molecule has 0 aromatic heterocycles. The van der Waals surface area contributed by atoms with Crippen molar-refractivity contribution in [1.29, 1.82) is 0 Å². The monoisotopic (exact) mass is 214 g/mol. The molecule has 2 amide bonds. The summed E-state index contributed by atoms with van der Waals surface area (Å²) in [5, 5.41) is 5.50. The van der Waals surface area contributed by atoms with Crippen molar-refractivity contribution >= 4 is 11.8 Å². The Labute approximate surface area is 89.6 Å². The summed E-state index contributed by atoms with van der Waals surface area (Å²) in [5.41, 5.74) is -0.391. The molecule has 1 fully saturated rings. The second-order valence-electron chi connectivity index (χ2n) is 4.51. The molecule has 1 unspecified atom stereocenters. The predicted molar refractivity (Wildman–Crippen MR) is 55.2 cm³/mol. The lowest BCUT2D eigenvalue weighted by Gasteiger charge is -2.26. The Kier molecular flexibility index (Phi) is 3.68. The van der Waals surface area contributed by atoms with E-state index in [2.05, 4.69) is 10.6 Å². The fourth-order valence-corrected chi connectivity index (χ4v) is 1.62. The topological polar surface area (TPSA) is 67.4 Å². The van der Waals surface area contributed by atoms with Gasteiger partial charge in [0, 0.05) is 20.1 Å². The zero-order chi connectivity index (χ0) is 11.5. The van der Waals surface area contributed by atoms with Crippen molar-refractivity contribution < 1.29 is 14.3 Å². The predicted octanol–water partition coefficient (Wildman–Crippen LogP) is -0.336. The quantitative estimate of drug-likeness (QED) is 0.673. The molecule has 0 aromatic carbocycles. The maximum Gasteiger partial charge on any atom is 0.225 e. The Bertz CT molecular complexity index is 263. The number of amides is 2. The Morgan fingerprint density at radius 2 is 2.33 bits per heavy atom. The average molecular weight is 214 g/mol. The molecular weight excluding hydrogens is 196 g/mol. The summed E-state index contributed by atoms with van der Waals surface area (Å²) in [6, 6.07) is 0. The van der Waals surface area contributed by atoms with E-state index in [0.717, 1.165) is 0 Å². The van der Waals surface area contributed by atoms with Crippen molar-refractivity contribution in [2.45, 2.75) is 25.8 Å². The smallest absolute Gasteiger partial charge is 0.225 e. The van der Waals surface area contributed by atoms with Crippen LogP contribution in [0.4, 0.5) is 0 Å². The average Bonchev–Trinajstić information content (AvgIpc) is 2.50. The van der Waals surface area contributed by atoms with E-state index in [4.69, 9.17) is 4.74 Å². The van der Waals surface area contributed by atoms with E-state index >= 15 is 0 Å². The molecule has 1 saturated heterocycles. The maximum absolute atomic E-state index is 11.7. The number of methoxy groups -OCH3 is 1. The summed E-state index contributed by atoms with van der Waals surface area (Å²) in [4.78, 5) is 22.7. The van der Waals surface area contributed by atoms with Gasteiger partial charge in [-0.15, -0.1) is 0 Å². The van der Waals surface area contributed by atoms with Crippen LogP contribution in [0.15, 0.2) is 0 Å². The molecule has 1 aliphatic heterocycles. The first-order chi connectivity index (χ1) is 6.94. The number of nitrogens with one attached hydrogen (secondary N) is 2. The summed E-state index contributed by atoms with van der Waals surface area (Å²) >= 11 is 0. The SMILES string of the molecule is COCC(C)(C)NC(=O)C1CNC(=O)C1. The Hall–Kier alpha value is -1.10. The second-order valence-corrected chi connectivity index (χ2v) is 4.51. The molecule has 15 heavy (non-hydrogen) atoms. The van der Waals surface area contributed by atoms with Gasteiger partial charge in [-0.05, 0) is 13.8 Å². The minimum absolute atomic E-state index is 0.0558. The third kappa shape index (κ3) is 3.51. The van der Waals surface area contributed by atoms with Gasteiger partial charge < -0.3 is 15.4 Å². The van der Waals surface area contributed by atoms with Gasteiger partial charge in [0.15, 0.2) is 0 Å². The largest absolute Gasteiger partial charge is 0.382 e. The highest BCUT2D eigenvalue weighted by Crippen LogP contribution is 2.11. The van der Waals surface area contributed by atoms with Crippen molar-refractivity contribution in [2.75, 3.05) is 20.3 Å². The molecular formula is C10H18N2O3. The highest BCUT2D eigenvalue weighted by atomic mass is 16.5. The van der Waals surface area contributed by atoms with Crippen LogP contribution in [0, 0.1) is 5.92 Å². The van der Waals surface area contributed by atoms with Gasteiger partial charge in [-0.2, -0.15) is 0 Å². The highest BCUT2D eigenvalue weighted by Gasteiger charge is 2.31. The van der Waals surface area contributed by atoms with Crippen LogP contribution in [0.5, 0.6) is 0 Å². The summed E-state index contributed by atoms with van der Waals surface area (Å²) in [6.45, 7) is 4.66. The van der Waals surface area contributed by atoms with Crippen molar-refractivity contribution in [3.63, 3.8) is 0 Å². The molecule has 0 bridgehead atoms. The van der Waals surface area contributed by atoms with Crippen LogP contribution in [0.2, 0.25) is 0 Å². The highest BCUT2D eigenvalue weighted by molar-refractivity contribution is 5.89. The minimum atomic E-state index is -0.391. The normalized spacial score (nSPS) is 21.3. The van der Waals surface area contributed by atoms with Crippen molar-refractivity contribution in [1.82, 2.24) is 10.6 Å². The van der Waals surface area contributed by atoms with Gasteiger partial charge in [-0.25, -0.2) is 0 Å². The Morgan fingerprint density at radius 3 is 2.80 bits per heavy atom. The number of carbonyl (C=O) groups excluding carboxylic acids is 2. The molecule has 5 heteroatoms. The lowest BCUT2D eigenvalue weighted by molar-refractivity contribution is -0.128. The number of hydrogen-bond donors (Lipinski definition) is 2. The summed E-state index contributed by atoms with van der Waals surface area (Å²) < 4.78 is 4.99. The van der Waals surface area contributed by atoms with E-state index in [1.54, 1.807) is 7.11 Å². The van der Waals surface area contributed by atoms with E-state index < -0.39 is 5.54 Å². The Morgan fingerprint density at radius 1 is 1.67 bits per heavy atom. The Balaban J connectivity index is 2.44. The van der Waals surface area contributed by atoms with Gasteiger partial charge >= 0.3 is 0 Å². The van der Waals surface area contributed by atoms with Crippen LogP contribution in [-0.2, 0) is 14.3 Å². The molecule has 2 N–H and O–H groups in total. The van der Waals surface area contributed by atoms with Gasteiger partial charge in [-0.1, -0.05) is 0 Å². The zero-order valence-electron chi connectivity index (χ0n) is 9.42. The van der Waals surface area contributed by atoms with Crippen LogP contribution in [0.3, 0.4) is 0 Å². The molecule has 0 aromatic rings. The molecule has 0 aliphatic carbocycles. The number of hydrogen-bond acceptors (Lipinski definition) is 3. The summed E-state index contributed by atoms with van der Waals surface area (Å²) in [5.74, 6) is -0.385. The second kappa shape index (κ2) is 4.61. The molecule has 0 spiro atoms. The molecule has 1 rings (SSSR count). The summed E-state index contributed by atoms with van der Waals surface area (Å²) in [7, 11) is 1.59. The van der Waals surface area contributed by atoms with Crippen LogP contribution in [-0.4, -0.2) is 37.6 Å². The lowest BCUT2D eigenvalue weighted by Crippen LogP contribution is -2.49. The first-order valence-electron chi connectivity index (χ1n) is 5.02. The number of ether oxygens (including phenoxy) is 1. The third-order valence-electron chi connectivity index (χ3n) is 2.31. The maximum atomic E-state index is 11.7. The van der Waals surface area contributed by atoms with Crippen LogP contribution < -0.4 is 10.6 Å². The van der Waals surface area contributed by atoms with Crippen molar-refractivity contribution in [2.24, 2.45) is 5.92 Å². The molecule has 86 valence electrons. The zero-order valence-corrected chi connectivity index (χ0v) is 9.42. The third-order valence-corrected chi connectivity index (χ3v) is 2.31. The fraction of sp³-hybridized carbons (Fsp3) is 0.800. The number of rotatable bonds is 4. The van der Waals surface area contributed by atoms with Crippen molar-refractivity contribution in [3.05, 3.63) is 0 Å². The fourth-order valence-electron chi connectivity index (χ4n) is 1.62. The molecule has 5 nitrogen and oxygen atoms in total. The van der Waals surface area contributed by atoms with E-state index in [0.29, 0.717) is 13.2 Å². The molecule has 1 atom stereocenters. The van der Waals surface area contributed by atoms with Crippen molar-refractivity contribution in [3.8, 4) is 0 Å². The first kappa shape index (κ1) is 12.0. The number of carbonyl (C=O) groups is 2. The minimum Gasteiger partial charge on any atom is -0.382 e. The van der Waals surface area contributed by atoms with Crippen LogP contribution in [0.25, 0.3) is 0 Å². The lowest BCUT2D eigenvalue weighted by atomic mass is 10.0. The van der Waals surface area contributed by atoms with E-state index in [-0.39, 0.29) is 24.2 Å². The molecule has 0 radical (unpaired) electrons. The van der Waals surface area contributed by atoms with Crippen LogP contribution >= 0.6 is 0 Å². The van der Waals surface area contributed by atoms with Gasteiger partial charge in [0.1, 0.15) is 0 Å². The van der Waals surface area contributed by atoms with Gasteiger partial charge in [0.25, 0.3) is 0 Å².